The Hall–Kier alpha value is -0.490. The second-order valence-electron chi connectivity index (χ2n) is 3.88. The van der Waals surface area contributed by atoms with E-state index in [4.69, 9.17) is 33.9 Å². The van der Waals surface area contributed by atoms with Gasteiger partial charge in [0, 0.05) is 23.6 Å². The summed E-state index contributed by atoms with van der Waals surface area (Å²) in [5.74, 6) is -0.362. The number of para-hydroxylation sites is 1. The molecule has 0 aliphatic carbocycles. The Morgan fingerprint density at radius 3 is 2.22 bits per heavy atom. The fraction of sp³-hybridized carbons (Fsp3) is 0.300. The molecule has 4 nitrogen and oxygen atoms in total. The van der Waals surface area contributed by atoms with Gasteiger partial charge in [0.1, 0.15) is 5.25 Å². The van der Waals surface area contributed by atoms with Crippen LogP contribution < -0.4 is 4.90 Å². The van der Waals surface area contributed by atoms with Crippen LogP contribution in [0.5, 0.6) is 0 Å². The van der Waals surface area contributed by atoms with Gasteiger partial charge in [0.15, 0.2) is 0 Å². The summed E-state index contributed by atoms with van der Waals surface area (Å²) in [7, 11) is 1.49. The van der Waals surface area contributed by atoms with E-state index in [1.807, 2.05) is 0 Å². The molecule has 2 rings (SSSR count). The Morgan fingerprint density at radius 1 is 1.22 bits per heavy atom. The van der Waals surface area contributed by atoms with E-state index >= 15 is 0 Å². The zero-order valence-corrected chi connectivity index (χ0v) is 12.0. The Morgan fingerprint density at radius 2 is 1.78 bits per heavy atom. The Balaban J connectivity index is 2.39. The average Bonchev–Trinajstić information content (AvgIpc) is 2.60. The summed E-state index contributed by atoms with van der Waals surface area (Å²) in [6.07, 6.45) is -0.159. The zero-order valence-electron chi connectivity index (χ0n) is 8.94. The average molecular weight is 329 g/mol. The monoisotopic (exact) mass is 327 g/mol. The predicted molar refractivity (Wildman–Crippen MR) is 72.0 cm³/mol. The summed E-state index contributed by atoms with van der Waals surface area (Å²) in [6.45, 7) is -0.0336. The Kier molecular flexibility index (Phi) is 3.78. The molecule has 1 atom stereocenters. The maximum absolute atomic E-state index is 11.8. The Bertz CT molecular complexity index is 582. The van der Waals surface area contributed by atoms with Crippen LogP contribution in [0, 0.1) is 0 Å². The van der Waals surface area contributed by atoms with Crippen LogP contribution in [0.2, 0.25) is 10.0 Å². The molecular weight excluding hydrogens is 321 g/mol. The molecule has 1 aliphatic rings. The molecule has 1 aromatic rings. The van der Waals surface area contributed by atoms with Crippen LogP contribution >= 0.6 is 33.9 Å². The van der Waals surface area contributed by atoms with Crippen LogP contribution in [0.3, 0.4) is 0 Å². The first kappa shape index (κ1) is 13.9. The van der Waals surface area contributed by atoms with E-state index in [1.165, 1.54) is 4.90 Å². The van der Waals surface area contributed by atoms with Gasteiger partial charge in [0.25, 0.3) is 0 Å². The zero-order chi connectivity index (χ0) is 13.5. The largest absolute Gasteiger partial charge is 0.308 e. The van der Waals surface area contributed by atoms with Crippen molar-refractivity contribution in [3.8, 4) is 0 Å². The number of hydrogen-bond donors (Lipinski definition) is 0. The minimum atomic E-state index is -3.78. The van der Waals surface area contributed by atoms with Crippen molar-refractivity contribution in [2.75, 3.05) is 11.4 Å². The van der Waals surface area contributed by atoms with E-state index in [-0.39, 0.29) is 18.9 Å². The maximum atomic E-state index is 11.8. The van der Waals surface area contributed by atoms with Gasteiger partial charge in [-0.2, -0.15) is 0 Å². The number of halogens is 3. The molecule has 0 spiro atoms. The second kappa shape index (κ2) is 4.89. The molecule has 1 unspecified atom stereocenters. The first-order chi connectivity index (χ1) is 8.30. The first-order valence-corrected chi connectivity index (χ1v) is 8.11. The predicted octanol–water partition coefficient (Wildman–Crippen LogP) is 2.67. The molecule has 0 radical (unpaired) electrons. The van der Waals surface area contributed by atoms with Crippen molar-refractivity contribution < 1.29 is 13.2 Å². The minimum Gasteiger partial charge on any atom is -0.308 e. The summed E-state index contributed by atoms with van der Waals surface area (Å²) in [6, 6.07) is 4.81. The van der Waals surface area contributed by atoms with Crippen molar-refractivity contribution in [2.24, 2.45) is 0 Å². The van der Waals surface area contributed by atoms with E-state index in [9.17, 15) is 13.2 Å². The molecule has 0 aromatic heterocycles. The van der Waals surface area contributed by atoms with Crippen molar-refractivity contribution in [3.63, 3.8) is 0 Å². The van der Waals surface area contributed by atoms with Gasteiger partial charge in [-0.25, -0.2) is 8.42 Å². The van der Waals surface area contributed by atoms with Crippen LogP contribution in [-0.2, 0) is 13.8 Å². The number of benzene rings is 1. The lowest BCUT2D eigenvalue weighted by molar-refractivity contribution is -0.117. The fourth-order valence-corrected chi connectivity index (χ4v) is 3.45. The second-order valence-corrected chi connectivity index (χ2v) is 7.60. The maximum Gasteiger partial charge on any atom is 0.237 e. The number of hydrogen-bond acceptors (Lipinski definition) is 3. The van der Waals surface area contributed by atoms with Crippen molar-refractivity contribution in [1.82, 2.24) is 0 Å². The highest BCUT2D eigenvalue weighted by atomic mass is 35.7. The highest BCUT2D eigenvalue weighted by Gasteiger charge is 2.39. The molecule has 1 aromatic carbocycles. The number of rotatable bonds is 2. The minimum absolute atomic E-state index is 0.0336. The van der Waals surface area contributed by atoms with Crippen LogP contribution in [0.4, 0.5) is 5.69 Å². The summed E-state index contributed by atoms with van der Waals surface area (Å²) >= 11 is 12.0. The van der Waals surface area contributed by atoms with E-state index in [2.05, 4.69) is 0 Å². The molecule has 18 heavy (non-hydrogen) atoms. The van der Waals surface area contributed by atoms with E-state index < -0.39 is 14.3 Å². The normalized spacial score (nSPS) is 20.5. The van der Waals surface area contributed by atoms with Gasteiger partial charge in [0.05, 0.1) is 15.7 Å². The highest BCUT2D eigenvalue weighted by molar-refractivity contribution is 8.14. The topological polar surface area (TPSA) is 54.5 Å². The fourth-order valence-electron chi connectivity index (χ4n) is 1.83. The number of nitrogens with zero attached hydrogens (tertiary/aromatic N) is 1. The SMILES string of the molecule is O=C1CC(S(=O)(=O)Cl)CN1c1c(Cl)cccc1Cl. The van der Waals surface area contributed by atoms with Crippen LogP contribution in [0.25, 0.3) is 0 Å². The summed E-state index contributed by atoms with van der Waals surface area (Å²) in [4.78, 5) is 13.1. The summed E-state index contributed by atoms with van der Waals surface area (Å²) < 4.78 is 22.5. The van der Waals surface area contributed by atoms with E-state index in [0.29, 0.717) is 15.7 Å². The van der Waals surface area contributed by atoms with E-state index in [1.54, 1.807) is 18.2 Å². The van der Waals surface area contributed by atoms with Gasteiger partial charge in [-0.15, -0.1) is 0 Å². The molecule has 0 bridgehead atoms. The third-order valence-electron chi connectivity index (χ3n) is 2.70. The molecular formula is C10H8Cl3NO3S. The van der Waals surface area contributed by atoms with Crippen LogP contribution in [-0.4, -0.2) is 26.1 Å². The lowest BCUT2D eigenvalue weighted by Crippen LogP contribution is -2.27. The molecule has 1 saturated heterocycles. The van der Waals surface area contributed by atoms with Crippen molar-refractivity contribution in [3.05, 3.63) is 28.2 Å². The van der Waals surface area contributed by atoms with E-state index in [0.717, 1.165) is 0 Å². The molecule has 1 aliphatic heterocycles. The molecule has 98 valence electrons. The van der Waals surface area contributed by atoms with Crippen molar-refractivity contribution in [2.45, 2.75) is 11.7 Å². The molecule has 1 heterocycles. The lowest BCUT2D eigenvalue weighted by Gasteiger charge is -2.19. The third-order valence-corrected chi connectivity index (χ3v) is 5.17. The lowest BCUT2D eigenvalue weighted by atomic mass is 10.3. The molecule has 0 saturated carbocycles. The standard InChI is InChI=1S/C10H8Cl3NO3S/c11-7-2-1-3-8(12)10(7)14-5-6(4-9(14)15)18(13,16)17/h1-3,6H,4-5H2. The van der Waals surface area contributed by atoms with Gasteiger partial charge in [-0.1, -0.05) is 29.3 Å². The third kappa shape index (κ3) is 2.59. The number of amides is 1. The molecule has 1 fully saturated rings. The highest BCUT2D eigenvalue weighted by Crippen LogP contribution is 2.37. The number of carbonyl (C=O) groups is 1. The summed E-state index contributed by atoms with van der Waals surface area (Å²) in [5, 5.41) is -0.342. The van der Waals surface area contributed by atoms with Crippen molar-refractivity contribution >= 4 is 54.5 Å². The van der Waals surface area contributed by atoms with Crippen LogP contribution in [0.15, 0.2) is 18.2 Å². The van der Waals surface area contributed by atoms with Gasteiger partial charge in [-0.05, 0) is 12.1 Å². The number of anilines is 1. The van der Waals surface area contributed by atoms with Gasteiger partial charge >= 0.3 is 0 Å². The molecule has 8 heteroatoms. The van der Waals surface area contributed by atoms with Gasteiger partial charge in [0.2, 0.25) is 15.0 Å². The first-order valence-electron chi connectivity index (χ1n) is 4.98. The quantitative estimate of drug-likeness (QED) is 0.784. The molecule has 0 N–H and O–H groups in total. The molecule has 1 amide bonds. The van der Waals surface area contributed by atoms with Gasteiger partial charge in [-0.3, -0.25) is 4.79 Å². The smallest absolute Gasteiger partial charge is 0.237 e. The van der Waals surface area contributed by atoms with Crippen LogP contribution in [0.1, 0.15) is 6.42 Å². The summed E-state index contributed by atoms with van der Waals surface area (Å²) in [5.41, 5.74) is 0.327. The Labute approximate surface area is 119 Å². The van der Waals surface area contributed by atoms with Crippen molar-refractivity contribution in [1.29, 1.82) is 0 Å². The van der Waals surface area contributed by atoms with Gasteiger partial charge < -0.3 is 4.90 Å². The number of carbonyl (C=O) groups excluding carboxylic acids is 1.